The minimum Gasteiger partial charge on any atom is -0.351 e. The van der Waals surface area contributed by atoms with Gasteiger partial charge in [-0.15, -0.1) is 0 Å². The molecule has 1 aromatic heterocycles. The van der Waals surface area contributed by atoms with Crippen LogP contribution in [0.5, 0.6) is 0 Å². The van der Waals surface area contributed by atoms with Gasteiger partial charge in [0.2, 0.25) is 0 Å². The Morgan fingerprint density at radius 3 is 2.74 bits per heavy atom. The fourth-order valence-corrected chi connectivity index (χ4v) is 2.68. The van der Waals surface area contributed by atoms with Gasteiger partial charge in [-0.1, -0.05) is 31.9 Å². The molecule has 3 nitrogen and oxygen atoms in total. The van der Waals surface area contributed by atoms with E-state index in [1.54, 1.807) is 6.07 Å². The molecule has 0 bridgehead atoms. The lowest BCUT2D eigenvalue weighted by molar-refractivity contribution is 0.0943. The molecule has 19 heavy (non-hydrogen) atoms. The molecule has 0 aliphatic heterocycles. The number of halogens is 1. The molecular weight excluding hydrogens is 260 g/mol. The van der Waals surface area contributed by atoms with Crippen LogP contribution in [0.4, 0.5) is 0 Å². The second kappa shape index (κ2) is 5.91. The number of hydrogen-bond donors (Lipinski definition) is 1. The lowest BCUT2D eigenvalue weighted by atomic mass is 10.0. The monoisotopic (exact) mass is 280 g/mol. The molecule has 1 aliphatic rings. The smallest absolute Gasteiger partial charge is 0.251 e. The highest BCUT2D eigenvalue weighted by molar-refractivity contribution is 6.29. The zero-order valence-electron chi connectivity index (χ0n) is 11.6. The van der Waals surface area contributed by atoms with Gasteiger partial charge in [-0.05, 0) is 43.2 Å². The van der Waals surface area contributed by atoms with Crippen molar-refractivity contribution in [2.24, 2.45) is 5.41 Å². The summed E-state index contributed by atoms with van der Waals surface area (Å²) in [6.45, 7) is 4.97. The molecule has 0 atom stereocenters. The fourth-order valence-electron chi connectivity index (χ4n) is 2.46. The molecule has 0 radical (unpaired) electrons. The van der Waals surface area contributed by atoms with Crippen molar-refractivity contribution >= 4 is 17.5 Å². The van der Waals surface area contributed by atoms with Crippen molar-refractivity contribution in [1.82, 2.24) is 10.3 Å². The van der Waals surface area contributed by atoms with Crippen molar-refractivity contribution < 1.29 is 4.79 Å². The molecule has 1 aliphatic carbocycles. The topological polar surface area (TPSA) is 42.0 Å². The summed E-state index contributed by atoms with van der Waals surface area (Å²) in [4.78, 5) is 16.3. The number of carbonyl (C=O) groups excluding carboxylic acids is 1. The lowest BCUT2D eigenvalue weighted by Crippen LogP contribution is -2.30. The Labute approximate surface area is 119 Å². The van der Waals surface area contributed by atoms with Crippen molar-refractivity contribution in [2.75, 3.05) is 6.54 Å². The van der Waals surface area contributed by atoms with Crippen LogP contribution in [0, 0.1) is 5.41 Å². The number of aryl methyl sites for hydroxylation is 1. The van der Waals surface area contributed by atoms with Crippen molar-refractivity contribution in [3.8, 4) is 0 Å². The molecule has 4 heteroatoms. The van der Waals surface area contributed by atoms with E-state index in [1.807, 2.05) is 13.0 Å². The maximum atomic E-state index is 12.1. The average Bonchev–Trinajstić information content (AvgIpc) is 3.16. The minimum absolute atomic E-state index is 0.0404. The Morgan fingerprint density at radius 2 is 2.16 bits per heavy atom. The largest absolute Gasteiger partial charge is 0.351 e. The van der Waals surface area contributed by atoms with E-state index in [4.69, 9.17) is 11.6 Å². The van der Waals surface area contributed by atoms with Gasteiger partial charge in [0.15, 0.2) is 0 Å². The van der Waals surface area contributed by atoms with E-state index in [0.717, 1.165) is 18.7 Å². The number of hydrogen-bond acceptors (Lipinski definition) is 2. The quantitative estimate of drug-likeness (QED) is 0.809. The molecule has 0 aromatic carbocycles. The summed E-state index contributed by atoms with van der Waals surface area (Å²) >= 11 is 5.93. The number of aromatic nitrogens is 1. The van der Waals surface area contributed by atoms with Crippen molar-refractivity contribution in [2.45, 2.75) is 46.0 Å². The van der Waals surface area contributed by atoms with Gasteiger partial charge in [0.1, 0.15) is 5.15 Å². The summed E-state index contributed by atoms with van der Waals surface area (Å²) in [5, 5.41) is 3.43. The third kappa shape index (κ3) is 3.69. The predicted octanol–water partition coefficient (Wildman–Crippen LogP) is 3.61. The predicted molar refractivity (Wildman–Crippen MR) is 77.5 cm³/mol. The van der Waals surface area contributed by atoms with E-state index in [9.17, 15) is 4.79 Å². The Kier molecular flexibility index (Phi) is 4.46. The maximum Gasteiger partial charge on any atom is 0.251 e. The first-order valence-electron chi connectivity index (χ1n) is 7.03. The molecule has 1 amide bonds. The zero-order chi connectivity index (χ0) is 13.9. The van der Waals surface area contributed by atoms with Crippen LogP contribution in [0.2, 0.25) is 5.15 Å². The Hall–Kier alpha value is -1.09. The van der Waals surface area contributed by atoms with Crippen LogP contribution in [-0.2, 0) is 6.42 Å². The third-order valence-electron chi connectivity index (χ3n) is 3.83. The number of nitrogens with zero attached hydrogens (tertiary/aromatic N) is 1. The summed E-state index contributed by atoms with van der Waals surface area (Å²) in [6.07, 6.45) is 5.62. The number of pyridine rings is 1. The average molecular weight is 281 g/mol. The zero-order valence-corrected chi connectivity index (χ0v) is 12.4. The van der Waals surface area contributed by atoms with E-state index >= 15 is 0 Å². The van der Waals surface area contributed by atoms with E-state index < -0.39 is 0 Å². The first kappa shape index (κ1) is 14.3. The normalized spacial score (nSPS) is 16.2. The summed E-state index contributed by atoms with van der Waals surface area (Å²) in [6, 6.07) is 3.45. The van der Waals surface area contributed by atoms with Gasteiger partial charge in [-0.3, -0.25) is 4.79 Å². The van der Waals surface area contributed by atoms with Crippen molar-refractivity contribution in [1.29, 1.82) is 0 Å². The van der Waals surface area contributed by atoms with Gasteiger partial charge in [0, 0.05) is 17.8 Å². The molecule has 104 valence electrons. The molecule has 0 spiro atoms. The number of amides is 1. The summed E-state index contributed by atoms with van der Waals surface area (Å²) in [7, 11) is 0. The number of nitrogens with one attached hydrogen (secondary N) is 1. The fraction of sp³-hybridized carbons (Fsp3) is 0.600. The second-order valence-corrected chi connectivity index (χ2v) is 5.84. The van der Waals surface area contributed by atoms with E-state index in [-0.39, 0.29) is 5.91 Å². The van der Waals surface area contributed by atoms with Crippen LogP contribution in [0.3, 0.4) is 0 Å². The molecule has 2 rings (SSSR count). The van der Waals surface area contributed by atoms with Crippen LogP contribution in [-0.4, -0.2) is 17.4 Å². The second-order valence-electron chi connectivity index (χ2n) is 5.46. The third-order valence-corrected chi connectivity index (χ3v) is 4.03. The van der Waals surface area contributed by atoms with Gasteiger partial charge in [0.25, 0.3) is 5.91 Å². The molecule has 1 aromatic rings. The van der Waals surface area contributed by atoms with Crippen LogP contribution >= 0.6 is 11.6 Å². The maximum absolute atomic E-state index is 12.1. The molecule has 0 saturated heterocycles. The van der Waals surface area contributed by atoms with Gasteiger partial charge >= 0.3 is 0 Å². The SMILES string of the molecule is CCCC1(CNC(=O)c2cc(Cl)nc(CC)c2)CC1. The molecule has 1 heterocycles. The van der Waals surface area contributed by atoms with Crippen molar-refractivity contribution in [3.05, 3.63) is 28.5 Å². The lowest BCUT2D eigenvalue weighted by Gasteiger charge is -2.15. The van der Waals surface area contributed by atoms with E-state index in [0.29, 0.717) is 16.1 Å². The Balaban J connectivity index is 1.98. The van der Waals surface area contributed by atoms with Gasteiger partial charge in [-0.2, -0.15) is 0 Å². The van der Waals surface area contributed by atoms with Gasteiger partial charge in [-0.25, -0.2) is 4.98 Å². The van der Waals surface area contributed by atoms with Crippen molar-refractivity contribution in [3.63, 3.8) is 0 Å². The summed E-state index contributed by atoms with van der Waals surface area (Å²) in [5.41, 5.74) is 1.84. The molecule has 1 fully saturated rings. The van der Waals surface area contributed by atoms with Crippen LogP contribution in [0.15, 0.2) is 12.1 Å². The number of rotatable bonds is 6. The first-order chi connectivity index (χ1) is 9.08. The van der Waals surface area contributed by atoms with Crippen LogP contribution in [0.25, 0.3) is 0 Å². The first-order valence-corrected chi connectivity index (χ1v) is 7.41. The van der Waals surface area contributed by atoms with E-state index in [1.165, 1.54) is 25.7 Å². The Bertz CT molecular complexity index is 469. The highest BCUT2D eigenvalue weighted by Gasteiger charge is 2.41. The van der Waals surface area contributed by atoms with Gasteiger partial charge in [0.05, 0.1) is 0 Å². The van der Waals surface area contributed by atoms with Crippen LogP contribution in [0.1, 0.15) is 55.6 Å². The highest BCUT2D eigenvalue weighted by Crippen LogP contribution is 2.48. The molecular formula is C15H21ClN2O. The molecule has 1 saturated carbocycles. The van der Waals surface area contributed by atoms with Gasteiger partial charge < -0.3 is 5.32 Å². The molecule has 1 N–H and O–H groups in total. The summed E-state index contributed by atoms with van der Waals surface area (Å²) < 4.78 is 0. The van der Waals surface area contributed by atoms with Crippen LogP contribution < -0.4 is 5.32 Å². The van der Waals surface area contributed by atoms with E-state index in [2.05, 4.69) is 17.2 Å². The Morgan fingerprint density at radius 1 is 1.42 bits per heavy atom. The molecule has 0 unspecified atom stereocenters. The standard InChI is InChI=1S/C15H21ClN2O/c1-3-5-15(6-7-15)10-17-14(19)11-8-12(4-2)18-13(16)9-11/h8-9H,3-7,10H2,1-2H3,(H,17,19). The number of carbonyl (C=O) groups is 1. The highest BCUT2D eigenvalue weighted by atomic mass is 35.5. The summed E-state index contributed by atoms with van der Waals surface area (Å²) in [5.74, 6) is -0.0404. The minimum atomic E-state index is -0.0404.